The molecule has 80 valence electrons. The van der Waals surface area contributed by atoms with E-state index in [-0.39, 0.29) is 12.5 Å². The van der Waals surface area contributed by atoms with Crippen molar-refractivity contribution in [3.63, 3.8) is 0 Å². The van der Waals surface area contributed by atoms with Crippen molar-refractivity contribution in [2.24, 2.45) is 0 Å². The summed E-state index contributed by atoms with van der Waals surface area (Å²) in [6, 6.07) is 0. The molecule has 0 spiro atoms. The van der Waals surface area contributed by atoms with E-state index in [9.17, 15) is 0 Å². The van der Waals surface area contributed by atoms with Crippen LogP contribution in [0.25, 0.3) is 0 Å². The van der Waals surface area contributed by atoms with E-state index in [1.54, 1.807) is 13.8 Å². The molecule has 0 saturated heterocycles. The van der Waals surface area contributed by atoms with Crippen molar-refractivity contribution in [2.45, 2.75) is 52.7 Å². The highest BCUT2D eigenvalue weighted by Crippen LogP contribution is 1.96. The summed E-state index contributed by atoms with van der Waals surface area (Å²) in [6.45, 7) is 6.54. The Morgan fingerprint density at radius 3 is 1.38 bits per heavy atom. The summed E-state index contributed by atoms with van der Waals surface area (Å²) in [4.78, 5) is 0. The molecule has 0 saturated carbocycles. The minimum absolute atomic E-state index is 0.325. The normalized spacial score (nSPS) is 20.8. The van der Waals surface area contributed by atoms with Gasteiger partial charge in [-0.05, 0) is 27.7 Å². The Kier molecular flexibility index (Phi) is 6.19. The van der Waals surface area contributed by atoms with Gasteiger partial charge in [-0.1, -0.05) is 0 Å². The van der Waals surface area contributed by atoms with Gasteiger partial charge in [-0.2, -0.15) is 0 Å². The van der Waals surface area contributed by atoms with Gasteiger partial charge in [0.05, 0.1) is 0 Å². The lowest BCUT2D eigenvalue weighted by molar-refractivity contribution is -0.168. The van der Waals surface area contributed by atoms with Crippen LogP contribution in [-0.4, -0.2) is 35.2 Å². The molecular formula is C8H19NO4. The van der Waals surface area contributed by atoms with Gasteiger partial charge in [0.2, 0.25) is 0 Å². The van der Waals surface area contributed by atoms with Crippen LogP contribution in [0, 0.1) is 0 Å². The Bertz CT molecular complexity index is 115. The second kappa shape index (κ2) is 6.28. The van der Waals surface area contributed by atoms with Crippen LogP contribution in [0.2, 0.25) is 0 Å². The van der Waals surface area contributed by atoms with Gasteiger partial charge < -0.3 is 19.7 Å². The molecule has 0 aliphatic heterocycles. The molecule has 3 N–H and O–H groups in total. The van der Waals surface area contributed by atoms with Crippen molar-refractivity contribution in [2.75, 3.05) is 0 Å². The lowest BCUT2D eigenvalue weighted by Gasteiger charge is -2.22. The number of hydrogen-bond acceptors (Lipinski definition) is 5. The zero-order valence-corrected chi connectivity index (χ0v) is 8.52. The summed E-state index contributed by atoms with van der Waals surface area (Å²) in [5, 5.41) is 20.6. The molecule has 0 amide bonds. The fraction of sp³-hybridized carbons (Fsp3) is 1.00. The van der Waals surface area contributed by atoms with Gasteiger partial charge in [0.15, 0.2) is 12.6 Å². The topological polar surface area (TPSA) is 71.0 Å². The number of ether oxygens (including phenoxy) is 2. The van der Waals surface area contributed by atoms with Gasteiger partial charge >= 0.3 is 0 Å². The van der Waals surface area contributed by atoms with Crippen LogP contribution in [0.15, 0.2) is 0 Å². The third-order valence-electron chi connectivity index (χ3n) is 1.27. The highest BCUT2D eigenvalue weighted by atomic mass is 16.6. The van der Waals surface area contributed by atoms with Crippen LogP contribution >= 0.6 is 0 Å². The van der Waals surface area contributed by atoms with Gasteiger partial charge in [0.1, 0.15) is 12.5 Å². The number of hydrogen-bond donors (Lipinski definition) is 3. The molecule has 0 bridgehead atoms. The minimum Gasteiger partial charge on any atom is -0.368 e. The average Bonchev–Trinajstić information content (AvgIpc) is 1.80. The number of rotatable bonds is 6. The fourth-order valence-electron chi connectivity index (χ4n) is 1.000. The fourth-order valence-corrected chi connectivity index (χ4v) is 1.000. The van der Waals surface area contributed by atoms with Crippen LogP contribution in [0.4, 0.5) is 0 Å². The van der Waals surface area contributed by atoms with Gasteiger partial charge in [0.25, 0.3) is 0 Å². The first kappa shape index (κ1) is 12.8. The van der Waals surface area contributed by atoms with E-state index >= 15 is 0 Å². The Morgan fingerprint density at radius 2 is 1.15 bits per heavy atom. The summed E-state index contributed by atoms with van der Waals surface area (Å²) in [6.07, 6.45) is -2.29. The highest BCUT2D eigenvalue weighted by molar-refractivity contribution is 4.51. The molecule has 0 radical (unpaired) electrons. The summed E-state index contributed by atoms with van der Waals surface area (Å²) in [5.74, 6) is 0. The number of aliphatic hydroxyl groups is 2. The lowest BCUT2D eigenvalue weighted by atomic mass is 10.5. The van der Waals surface area contributed by atoms with E-state index < -0.39 is 12.6 Å². The summed E-state index contributed by atoms with van der Waals surface area (Å²) >= 11 is 0. The Labute approximate surface area is 78.7 Å². The van der Waals surface area contributed by atoms with Crippen LogP contribution < -0.4 is 5.32 Å². The van der Waals surface area contributed by atoms with Crippen LogP contribution in [-0.2, 0) is 9.47 Å². The number of nitrogens with one attached hydrogen (secondary N) is 1. The molecule has 0 aliphatic rings. The third kappa shape index (κ3) is 8.14. The molecule has 0 aliphatic carbocycles. The van der Waals surface area contributed by atoms with Crippen LogP contribution in [0.5, 0.6) is 0 Å². The first-order valence-corrected chi connectivity index (χ1v) is 4.35. The first-order valence-electron chi connectivity index (χ1n) is 4.35. The SMILES string of the molecule is CC(O)OC(C)NC(C)OC(C)O. The van der Waals surface area contributed by atoms with Gasteiger partial charge in [-0.15, -0.1) is 0 Å². The van der Waals surface area contributed by atoms with E-state index in [0.29, 0.717) is 0 Å². The molecule has 0 rings (SSSR count). The standard InChI is InChI=1S/C8H19NO4/c1-5(12-7(3)10)9-6(2)13-8(4)11/h5-11H,1-4H3. The predicted molar refractivity (Wildman–Crippen MR) is 47.6 cm³/mol. The first-order chi connectivity index (χ1) is 5.91. The molecule has 0 fully saturated rings. The van der Waals surface area contributed by atoms with E-state index in [1.807, 2.05) is 0 Å². The lowest BCUT2D eigenvalue weighted by Crippen LogP contribution is -2.40. The molecule has 5 heteroatoms. The van der Waals surface area contributed by atoms with Gasteiger partial charge in [0, 0.05) is 0 Å². The highest BCUT2D eigenvalue weighted by Gasteiger charge is 2.10. The van der Waals surface area contributed by atoms with Crippen molar-refractivity contribution in [1.82, 2.24) is 5.32 Å². The summed E-state index contributed by atoms with van der Waals surface area (Å²) in [7, 11) is 0. The Balaban J connectivity index is 3.58. The second-order valence-electron chi connectivity index (χ2n) is 2.92. The molecule has 5 nitrogen and oxygen atoms in total. The van der Waals surface area contributed by atoms with E-state index in [2.05, 4.69) is 5.32 Å². The maximum absolute atomic E-state index is 8.87. The minimum atomic E-state index is -0.818. The molecule has 4 atom stereocenters. The zero-order chi connectivity index (χ0) is 10.4. The average molecular weight is 193 g/mol. The van der Waals surface area contributed by atoms with Crippen LogP contribution in [0.3, 0.4) is 0 Å². The molecule has 0 aromatic rings. The third-order valence-corrected chi connectivity index (χ3v) is 1.27. The molecule has 13 heavy (non-hydrogen) atoms. The van der Waals surface area contributed by atoms with Crippen LogP contribution in [0.1, 0.15) is 27.7 Å². The summed E-state index contributed by atoms with van der Waals surface area (Å²) in [5.41, 5.74) is 0. The van der Waals surface area contributed by atoms with Crippen molar-refractivity contribution in [3.8, 4) is 0 Å². The predicted octanol–water partition coefficient (Wildman–Crippen LogP) is -0.0222. The van der Waals surface area contributed by atoms with Crippen molar-refractivity contribution in [3.05, 3.63) is 0 Å². The zero-order valence-electron chi connectivity index (χ0n) is 8.52. The summed E-state index contributed by atoms with van der Waals surface area (Å²) < 4.78 is 9.97. The van der Waals surface area contributed by atoms with E-state index in [1.165, 1.54) is 13.8 Å². The molecule has 0 heterocycles. The Hall–Kier alpha value is -0.200. The monoisotopic (exact) mass is 193 g/mol. The number of aliphatic hydroxyl groups excluding tert-OH is 2. The van der Waals surface area contributed by atoms with E-state index in [0.717, 1.165) is 0 Å². The van der Waals surface area contributed by atoms with Crippen molar-refractivity contribution < 1.29 is 19.7 Å². The van der Waals surface area contributed by atoms with Crippen molar-refractivity contribution >= 4 is 0 Å². The second-order valence-corrected chi connectivity index (χ2v) is 2.92. The van der Waals surface area contributed by atoms with Gasteiger partial charge in [-0.3, -0.25) is 5.32 Å². The molecule has 0 aromatic carbocycles. The maximum Gasteiger partial charge on any atom is 0.153 e. The molecule has 4 unspecified atom stereocenters. The molecular weight excluding hydrogens is 174 g/mol. The Morgan fingerprint density at radius 1 is 0.846 bits per heavy atom. The smallest absolute Gasteiger partial charge is 0.153 e. The largest absolute Gasteiger partial charge is 0.368 e. The quantitative estimate of drug-likeness (QED) is 0.517. The molecule has 0 aromatic heterocycles. The maximum atomic E-state index is 8.87. The van der Waals surface area contributed by atoms with Gasteiger partial charge in [-0.25, -0.2) is 0 Å². The van der Waals surface area contributed by atoms with Crippen molar-refractivity contribution in [1.29, 1.82) is 0 Å². The van der Waals surface area contributed by atoms with E-state index in [4.69, 9.17) is 19.7 Å².